The molecule has 0 heterocycles. The number of nitrogens with one attached hydrogen (secondary N) is 1. The molecule has 0 fully saturated rings. The van der Waals surface area contributed by atoms with Gasteiger partial charge in [-0.1, -0.05) is 12.1 Å². The van der Waals surface area contributed by atoms with Crippen LogP contribution >= 0.6 is 0 Å². The minimum Gasteiger partial charge on any atom is -0.497 e. The first-order valence-corrected chi connectivity index (χ1v) is 9.36. The second-order valence-corrected chi connectivity index (χ2v) is 7.44. The van der Waals surface area contributed by atoms with E-state index in [4.69, 9.17) is 4.74 Å². The monoisotopic (exact) mass is 377 g/mol. The van der Waals surface area contributed by atoms with Crippen molar-refractivity contribution in [1.82, 2.24) is 0 Å². The van der Waals surface area contributed by atoms with Crippen LogP contribution < -0.4 is 10.1 Å². The van der Waals surface area contributed by atoms with Gasteiger partial charge in [-0.3, -0.25) is 4.79 Å². The minimum atomic E-state index is -3.61. The van der Waals surface area contributed by atoms with E-state index in [1.807, 2.05) is 0 Å². The standard InChI is InChI=1S/C18H19NO6S/c1-24-13-7-9-14(10-8-13)26(22,23)12-11-17(20)19-16-6-4-3-5-15(16)18(21)25-2/h3-10H,11-12H2,1-2H3,(H,19,20). The van der Waals surface area contributed by atoms with Crippen LogP contribution in [0.1, 0.15) is 16.8 Å². The van der Waals surface area contributed by atoms with Crippen LogP contribution in [0.5, 0.6) is 5.75 Å². The van der Waals surface area contributed by atoms with E-state index in [0.717, 1.165) is 0 Å². The third kappa shape index (κ3) is 4.82. The number of hydrogen-bond acceptors (Lipinski definition) is 6. The Labute approximate surface area is 151 Å². The molecule has 7 nitrogen and oxygen atoms in total. The van der Waals surface area contributed by atoms with Crippen LogP contribution in [0.3, 0.4) is 0 Å². The topological polar surface area (TPSA) is 98.8 Å². The molecule has 2 aromatic rings. The van der Waals surface area contributed by atoms with Crippen LogP contribution in [0.2, 0.25) is 0 Å². The molecule has 26 heavy (non-hydrogen) atoms. The van der Waals surface area contributed by atoms with E-state index < -0.39 is 21.7 Å². The van der Waals surface area contributed by atoms with Crippen molar-refractivity contribution in [1.29, 1.82) is 0 Å². The fourth-order valence-corrected chi connectivity index (χ4v) is 3.46. The quantitative estimate of drug-likeness (QED) is 0.743. The molecule has 0 aliphatic rings. The van der Waals surface area contributed by atoms with E-state index in [1.165, 1.54) is 32.4 Å². The Morgan fingerprint density at radius 3 is 2.27 bits per heavy atom. The van der Waals surface area contributed by atoms with Gasteiger partial charge in [0.1, 0.15) is 5.75 Å². The lowest BCUT2D eigenvalue weighted by atomic mass is 10.2. The molecule has 8 heteroatoms. The Kier molecular flexibility index (Phi) is 6.35. The van der Waals surface area contributed by atoms with Gasteiger partial charge < -0.3 is 14.8 Å². The number of para-hydroxylation sites is 1. The summed E-state index contributed by atoms with van der Waals surface area (Å²) in [4.78, 5) is 23.9. The Bertz CT molecular complexity index is 890. The van der Waals surface area contributed by atoms with E-state index in [-0.39, 0.29) is 28.3 Å². The highest BCUT2D eigenvalue weighted by molar-refractivity contribution is 7.91. The number of anilines is 1. The lowest BCUT2D eigenvalue weighted by Crippen LogP contribution is -2.19. The number of carbonyl (C=O) groups excluding carboxylic acids is 2. The molecule has 0 unspecified atom stereocenters. The molecule has 0 aliphatic heterocycles. The van der Waals surface area contributed by atoms with Gasteiger partial charge in [0.15, 0.2) is 9.84 Å². The summed E-state index contributed by atoms with van der Waals surface area (Å²) in [5, 5.41) is 2.54. The number of rotatable bonds is 7. The van der Waals surface area contributed by atoms with E-state index in [0.29, 0.717) is 5.75 Å². The zero-order valence-corrected chi connectivity index (χ0v) is 15.2. The number of methoxy groups -OCH3 is 2. The number of esters is 1. The fraction of sp³-hybridized carbons (Fsp3) is 0.222. The van der Waals surface area contributed by atoms with Gasteiger partial charge in [-0.05, 0) is 36.4 Å². The normalized spacial score (nSPS) is 10.8. The highest BCUT2D eigenvalue weighted by Crippen LogP contribution is 2.19. The summed E-state index contributed by atoms with van der Waals surface area (Å²) in [6, 6.07) is 12.3. The first-order chi connectivity index (χ1) is 12.4. The Morgan fingerprint density at radius 1 is 1.00 bits per heavy atom. The molecule has 0 atom stereocenters. The molecule has 1 amide bonds. The molecular formula is C18H19NO6S. The zero-order valence-electron chi connectivity index (χ0n) is 14.4. The van der Waals surface area contributed by atoms with Crippen molar-refractivity contribution in [2.24, 2.45) is 0 Å². The van der Waals surface area contributed by atoms with E-state index in [2.05, 4.69) is 10.1 Å². The van der Waals surface area contributed by atoms with Crippen LogP contribution in [0.25, 0.3) is 0 Å². The van der Waals surface area contributed by atoms with E-state index >= 15 is 0 Å². The van der Waals surface area contributed by atoms with Crippen molar-refractivity contribution < 1.29 is 27.5 Å². The maximum absolute atomic E-state index is 12.3. The van der Waals surface area contributed by atoms with Gasteiger partial charge in [-0.15, -0.1) is 0 Å². The third-order valence-electron chi connectivity index (χ3n) is 3.62. The average molecular weight is 377 g/mol. The second-order valence-electron chi connectivity index (χ2n) is 5.33. The summed E-state index contributed by atoms with van der Waals surface area (Å²) in [6.07, 6.45) is -0.246. The lowest BCUT2D eigenvalue weighted by molar-refractivity contribution is -0.115. The Balaban J connectivity index is 2.03. The van der Waals surface area contributed by atoms with Crippen molar-refractivity contribution in [2.45, 2.75) is 11.3 Å². The summed E-state index contributed by atoms with van der Waals surface area (Å²) >= 11 is 0. The molecule has 0 aromatic heterocycles. The molecule has 0 saturated carbocycles. The smallest absolute Gasteiger partial charge is 0.339 e. The summed E-state index contributed by atoms with van der Waals surface area (Å²) in [5.74, 6) is -0.919. The molecule has 0 spiro atoms. The van der Waals surface area contributed by atoms with Gasteiger partial charge in [0, 0.05) is 6.42 Å². The number of hydrogen-bond donors (Lipinski definition) is 1. The molecule has 0 radical (unpaired) electrons. The van der Waals surface area contributed by atoms with Gasteiger partial charge in [0.2, 0.25) is 5.91 Å². The maximum atomic E-state index is 12.3. The first-order valence-electron chi connectivity index (χ1n) is 7.71. The molecule has 0 aliphatic carbocycles. The van der Waals surface area contributed by atoms with Crippen LogP contribution in [-0.4, -0.2) is 40.3 Å². The van der Waals surface area contributed by atoms with Crippen LogP contribution in [0, 0.1) is 0 Å². The van der Waals surface area contributed by atoms with Crippen molar-refractivity contribution >= 4 is 27.4 Å². The Hall–Kier alpha value is -2.87. The predicted molar refractivity (Wildman–Crippen MR) is 96.1 cm³/mol. The van der Waals surface area contributed by atoms with Crippen molar-refractivity contribution in [3.63, 3.8) is 0 Å². The second kappa shape index (κ2) is 8.48. The SMILES string of the molecule is COC(=O)c1ccccc1NC(=O)CCS(=O)(=O)c1ccc(OC)cc1. The fourth-order valence-electron chi connectivity index (χ4n) is 2.22. The molecular weight excluding hydrogens is 358 g/mol. The molecule has 138 valence electrons. The molecule has 1 N–H and O–H groups in total. The third-order valence-corrected chi connectivity index (χ3v) is 5.35. The van der Waals surface area contributed by atoms with E-state index in [9.17, 15) is 18.0 Å². The van der Waals surface area contributed by atoms with Crippen molar-refractivity contribution in [3.8, 4) is 5.75 Å². The summed E-state index contributed by atoms with van der Waals surface area (Å²) in [7, 11) is -0.887. The Morgan fingerprint density at radius 2 is 1.65 bits per heavy atom. The highest BCUT2D eigenvalue weighted by atomic mass is 32.2. The van der Waals surface area contributed by atoms with E-state index in [1.54, 1.807) is 30.3 Å². The largest absolute Gasteiger partial charge is 0.497 e. The van der Waals surface area contributed by atoms with Gasteiger partial charge in [-0.2, -0.15) is 0 Å². The molecule has 0 bridgehead atoms. The number of benzene rings is 2. The molecule has 2 rings (SSSR count). The zero-order chi connectivity index (χ0) is 19.2. The van der Waals surface area contributed by atoms with Gasteiger partial charge in [-0.25, -0.2) is 13.2 Å². The summed E-state index contributed by atoms with van der Waals surface area (Å²) < 4.78 is 34.3. The molecule has 2 aromatic carbocycles. The van der Waals surface area contributed by atoms with Gasteiger partial charge >= 0.3 is 5.97 Å². The van der Waals surface area contributed by atoms with Gasteiger partial charge in [0.05, 0.1) is 36.1 Å². The van der Waals surface area contributed by atoms with Gasteiger partial charge in [0.25, 0.3) is 0 Å². The number of ether oxygens (including phenoxy) is 2. The lowest BCUT2D eigenvalue weighted by Gasteiger charge is -2.10. The van der Waals surface area contributed by atoms with Crippen molar-refractivity contribution in [3.05, 3.63) is 54.1 Å². The van der Waals surface area contributed by atoms with Crippen LogP contribution in [0.15, 0.2) is 53.4 Å². The van der Waals surface area contributed by atoms with Crippen LogP contribution in [0.4, 0.5) is 5.69 Å². The minimum absolute atomic E-state index is 0.112. The molecule has 0 saturated heterocycles. The predicted octanol–water partition coefficient (Wildman–Crippen LogP) is 2.28. The maximum Gasteiger partial charge on any atom is 0.339 e. The van der Waals surface area contributed by atoms with Crippen molar-refractivity contribution in [2.75, 3.05) is 25.3 Å². The first kappa shape index (κ1) is 19.5. The highest BCUT2D eigenvalue weighted by Gasteiger charge is 2.18. The van der Waals surface area contributed by atoms with Crippen LogP contribution in [-0.2, 0) is 19.4 Å². The summed E-state index contributed by atoms with van der Waals surface area (Å²) in [5.41, 5.74) is 0.465. The summed E-state index contributed by atoms with van der Waals surface area (Å²) in [6.45, 7) is 0. The number of amides is 1. The number of carbonyl (C=O) groups is 2. The average Bonchev–Trinajstić information content (AvgIpc) is 2.66. The number of sulfone groups is 1.